The highest BCUT2D eigenvalue weighted by Crippen LogP contribution is 2.32. The monoisotopic (exact) mass is 385 g/mol. The molecule has 154 valence electrons. The van der Waals surface area contributed by atoms with Crippen LogP contribution in [0.5, 0.6) is 0 Å². The second kappa shape index (κ2) is 9.44. The molecule has 28 heavy (non-hydrogen) atoms. The van der Waals surface area contributed by atoms with Crippen molar-refractivity contribution in [3.05, 3.63) is 35.9 Å². The van der Waals surface area contributed by atoms with Crippen LogP contribution in [-0.2, 0) is 4.79 Å². The molecule has 1 aromatic carbocycles. The summed E-state index contributed by atoms with van der Waals surface area (Å²) >= 11 is 0. The van der Waals surface area contributed by atoms with Gasteiger partial charge in [0.2, 0.25) is 5.91 Å². The molecule has 1 saturated heterocycles. The third-order valence-electron chi connectivity index (χ3n) is 6.46. The molecule has 1 saturated carbocycles. The molecule has 1 aliphatic heterocycles. The zero-order chi connectivity index (χ0) is 20.1. The van der Waals surface area contributed by atoms with E-state index in [1.165, 1.54) is 5.56 Å². The number of rotatable bonds is 4. The Kier molecular flexibility index (Phi) is 6.97. The predicted octanol–water partition coefficient (Wildman–Crippen LogP) is 4.00. The highest BCUT2D eigenvalue weighted by atomic mass is 16.2. The minimum atomic E-state index is 0.0387. The maximum Gasteiger partial charge on any atom is 0.317 e. The molecule has 1 aliphatic carbocycles. The zero-order valence-electron chi connectivity index (χ0n) is 17.6. The van der Waals surface area contributed by atoms with Gasteiger partial charge in [-0.1, -0.05) is 44.2 Å². The van der Waals surface area contributed by atoms with Crippen LogP contribution in [0.2, 0.25) is 0 Å². The van der Waals surface area contributed by atoms with Crippen molar-refractivity contribution < 1.29 is 9.59 Å². The fourth-order valence-electron chi connectivity index (χ4n) is 4.58. The summed E-state index contributed by atoms with van der Waals surface area (Å²) in [5.41, 5.74) is 1.42. The molecule has 0 bridgehead atoms. The number of nitrogens with zero attached hydrogens (tertiary/aromatic N) is 2. The molecule has 0 aromatic heterocycles. The Morgan fingerprint density at radius 1 is 1.00 bits per heavy atom. The zero-order valence-corrected chi connectivity index (χ0v) is 17.6. The van der Waals surface area contributed by atoms with Crippen LogP contribution in [-0.4, -0.2) is 54.0 Å². The smallest absolute Gasteiger partial charge is 0.317 e. The molecule has 1 N–H and O–H groups in total. The molecule has 0 spiro atoms. The normalized spacial score (nSPS) is 23.5. The van der Waals surface area contributed by atoms with Crippen molar-refractivity contribution in [1.29, 1.82) is 0 Å². The van der Waals surface area contributed by atoms with Crippen molar-refractivity contribution in [2.45, 2.75) is 70.4 Å². The second-order valence-corrected chi connectivity index (χ2v) is 8.73. The molecule has 3 amide bonds. The topological polar surface area (TPSA) is 52.7 Å². The average molecular weight is 386 g/mol. The van der Waals surface area contributed by atoms with E-state index in [0.29, 0.717) is 5.92 Å². The van der Waals surface area contributed by atoms with Crippen molar-refractivity contribution in [3.63, 3.8) is 0 Å². The summed E-state index contributed by atoms with van der Waals surface area (Å²) in [5.74, 6) is 0.888. The number of piperidine rings is 1. The Morgan fingerprint density at radius 3 is 2.18 bits per heavy atom. The lowest BCUT2D eigenvalue weighted by Crippen LogP contribution is -2.52. The molecule has 5 heteroatoms. The van der Waals surface area contributed by atoms with E-state index >= 15 is 0 Å². The molecule has 5 nitrogen and oxygen atoms in total. The van der Waals surface area contributed by atoms with E-state index in [2.05, 4.69) is 35.6 Å². The summed E-state index contributed by atoms with van der Waals surface area (Å²) in [7, 11) is 1.90. The van der Waals surface area contributed by atoms with Gasteiger partial charge in [-0.25, -0.2) is 4.79 Å². The SMILES string of the molecule is CC(C)C(=O)N1CCC(N(C)C(=O)N[C@H]2CC[C@H](c3ccccc3)CC2)CC1. The Hall–Kier alpha value is -2.04. The van der Waals surface area contributed by atoms with E-state index in [1.807, 2.05) is 30.7 Å². The van der Waals surface area contributed by atoms with Crippen molar-refractivity contribution in [1.82, 2.24) is 15.1 Å². The van der Waals surface area contributed by atoms with Crippen molar-refractivity contribution in [2.24, 2.45) is 5.92 Å². The molecule has 2 fully saturated rings. The number of urea groups is 1. The quantitative estimate of drug-likeness (QED) is 0.852. The van der Waals surface area contributed by atoms with Gasteiger partial charge >= 0.3 is 6.03 Å². The van der Waals surface area contributed by atoms with Gasteiger partial charge in [-0.15, -0.1) is 0 Å². The van der Waals surface area contributed by atoms with Gasteiger partial charge in [0.05, 0.1) is 0 Å². The highest BCUT2D eigenvalue weighted by molar-refractivity contribution is 5.78. The van der Waals surface area contributed by atoms with Crippen LogP contribution in [0.1, 0.15) is 63.9 Å². The standard InChI is InChI=1S/C23H35N3O2/c1-17(2)22(27)26-15-13-21(14-16-26)25(3)23(28)24-20-11-9-19(10-12-20)18-7-5-4-6-8-18/h4-8,17,19-21H,9-16H2,1-3H3,(H,24,28)/t19-,20-. The molecule has 1 heterocycles. The molecule has 3 rings (SSSR count). The highest BCUT2D eigenvalue weighted by Gasteiger charge is 2.30. The van der Waals surface area contributed by atoms with Gasteiger partial charge in [0.15, 0.2) is 0 Å². The van der Waals surface area contributed by atoms with Crippen LogP contribution in [0.15, 0.2) is 30.3 Å². The molecule has 0 radical (unpaired) electrons. The number of benzene rings is 1. The minimum absolute atomic E-state index is 0.0387. The first-order valence-electron chi connectivity index (χ1n) is 10.8. The summed E-state index contributed by atoms with van der Waals surface area (Å²) < 4.78 is 0. The summed E-state index contributed by atoms with van der Waals surface area (Å²) in [6, 6.07) is 11.2. The number of likely N-dealkylation sites (tertiary alicyclic amines) is 1. The number of carbonyl (C=O) groups is 2. The Morgan fingerprint density at radius 2 is 1.61 bits per heavy atom. The summed E-state index contributed by atoms with van der Waals surface area (Å²) in [4.78, 5) is 28.7. The minimum Gasteiger partial charge on any atom is -0.342 e. The number of hydrogen-bond donors (Lipinski definition) is 1. The third-order valence-corrected chi connectivity index (χ3v) is 6.46. The van der Waals surface area contributed by atoms with E-state index in [0.717, 1.165) is 51.6 Å². The van der Waals surface area contributed by atoms with Gasteiger partial charge in [0.25, 0.3) is 0 Å². The largest absolute Gasteiger partial charge is 0.342 e. The van der Waals surface area contributed by atoms with Crippen LogP contribution in [0.3, 0.4) is 0 Å². The van der Waals surface area contributed by atoms with Gasteiger partial charge in [-0.05, 0) is 50.0 Å². The maximum atomic E-state index is 12.7. The van der Waals surface area contributed by atoms with Gasteiger partial charge in [0.1, 0.15) is 0 Å². The molecular formula is C23H35N3O2. The van der Waals surface area contributed by atoms with E-state index in [-0.39, 0.29) is 29.9 Å². The Bertz CT molecular complexity index is 645. The van der Waals surface area contributed by atoms with Gasteiger partial charge in [-0.2, -0.15) is 0 Å². The van der Waals surface area contributed by atoms with E-state index in [1.54, 1.807) is 0 Å². The van der Waals surface area contributed by atoms with Gasteiger partial charge in [0, 0.05) is 38.1 Å². The number of nitrogens with one attached hydrogen (secondary N) is 1. The summed E-state index contributed by atoms with van der Waals surface area (Å²) in [6.45, 7) is 5.39. The number of hydrogen-bond acceptors (Lipinski definition) is 2. The first-order chi connectivity index (χ1) is 13.5. The lowest BCUT2D eigenvalue weighted by molar-refractivity contribution is -0.135. The number of carbonyl (C=O) groups excluding carboxylic acids is 2. The molecule has 0 atom stereocenters. The molecule has 0 unspecified atom stereocenters. The fourth-order valence-corrected chi connectivity index (χ4v) is 4.58. The average Bonchev–Trinajstić information content (AvgIpc) is 2.74. The fraction of sp³-hybridized carbons (Fsp3) is 0.652. The Labute approximate surface area is 169 Å². The van der Waals surface area contributed by atoms with Crippen molar-refractivity contribution in [3.8, 4) is 0 Å². The lowest BCUT2D eigenvalue weighted by atomic mass is 9.82. The van der Waals surface area contributed by atoms with Crippen molar-refractivity contribution >= 4 is 11.9 Å². The molecule has 1 aromatic rings. The predicted molar refractivity (Wildman–Crippen MR) is 112 cm³/mol. The third kappa shape index (κ3) is 5.06. The van der Waals surface area contributed by atoms with Crippen LogP contribution in [0, 0.1) is 5.92 Å². The van der Waals surface area contributed by atoms with Crippen LogP contribution >= 0.6 is 0 Å². The van der Waals surface area contributed by atoms with Crippen LogP contribution in [0.25, 0.3) is 0 Å². The number of amides is 3. The van der Waals surface area contributed by atoms with Crippen LogP contribution in [0.4, 0.5) is 4.79 Å². The van der Waals surface area contributed by atoms with E-state index in [9.17, 15) is 9.59 Å². The summed E-state index contributed by atoms with van der Waals surface area (Å²) in [6.07, 6.45) is 6.08. The maximum absolute atomic E-state index is 12.7. The lowest BCUT2D eigenvalue weighted by Gasteiger charge is -2.38. The van der Waals surface area contributed by atoms with Gasteiger partial charge in [-0.3, -0.25) is 4.79 Å². The van der Waals surface area contributed by atoms with Crippen molar-refractivity contribution in [2.75, 3.05) is 20.1 Å². The van der Waals surface area contributed by atoms with E-state index in [4.69, 9.17) is 0 Å². The second-order valence-electron chi connectivity index (χ2n) is 8.73. The first kappa shape index (κ1) is 20.7. The van der Waals surface area contributed by atoms with E-state index < -0.39 is 0 Å². The first-order valence-corrected chi connectivity index (χ1v) is 10.8. The summed E-state index contributed by atoms with van der Waals surface area (Å²) in [5, 5.41) is 3.25. The van der Waals surface area contributed by atoms with Gasteiger partial charge < -0.3 is 15.1 Å². The molecule has 2 aliphatic rings. The molecular weight excluding hydrogens is 350 g/mol. The Balaban J connectivity index is 1.42. The van der Waals surface area contributed by atoms with Crippen LogP contribution < -0.4 is 5.32 Å².